The number of para-hydroxylation sites is 1. The zero-order valence-electron chi connectivity index (χ0n) is 22.8. The van der Waals surface area contributed by atoms with Gasteiger partial charge in [0.1, 0.15) is 5.75 Å². The lowest BCUT2D eigenvalue weighted by atomic mass is 10.1. The lowest BCUT2D eigenvalue weighted by molar-refractivity contribution is 0.0726. The number of carbonyl (C=O) groups is 1. The molecule has 0 atom stereocenters. The second-order valence-electron chi connectivity index (χ2n) is 9.08. The van der Waals surface area contributed by atoms with Gasteiger partial charge in [-0.1, -0.05) is 30.3 Å². The maximum absolute atomic E-state index is 14.2. The highest BCUT2D eigenvalue weighted by atomic mass is 32.2. The van der Waals surface area contributed by atoms with Gasteiger partial charge in [0.15, 0.2) is 11.5 Å². The van der Waals surface area contributed by atoms with Gasteiger partial charge in [0.2, 0.25) is 0 Å². The highest BCUT2D eigenvalue weighted by molar-refractivity contribution is 7.98. The van der Waals surface area contributed by atoms with Crippen LogP contribution < -0.4 is 14.2 Å². The normalized spacial score (nSPS) is 10.9. The van der Waals surface area contributed by atoms with Crippen molar-refractivity contribution in [1.29, 1.82) is 0 Å². The van der Waals surface area contributed by atoms with Crippen LogP contribution in [-0.4, -0.2) is 43.4 Å². The Balaban J connectivity index is 1.61. The number of nitrogens with zero attached hydrogens (tertiary/aromatic N) is 2. The summed E-state index contributed by atoms with van der Waals surface area (Å²) < 4.78 is 16.5. The van der Waals surface area contributed by atoms with E-state index < -0.39 is 0 Å². The van der Waals surface area contributed by atoms with Gasteiger partial charge in [-0.2, -0.15) is 0 Å². The van der Waals surface area contributed by atoms with E-state index in [1.807, 2.05) is 40.6 Å². The molecule has 40 heavy (non-hydrogen) atoms. The largest absolute Gasteiger partial charge is 0.497 e. The van der Waals surface area contributed by atoms with E-state index in [-0.39, 0.29) is 5.91 Å². The zero-order valence-corrected chi connectivity index (χ0v) is 24.5. The third kappa shape index (κ3) is 5.78. The highest BCUT2D eigenvalue weighted by Crippen LogP contribution is 2.35. The molecule has 6 nitrogen and oxygen atoms in total. The summed E-state index contributed by atoms with van der Waals surface area (Å²) in [5, 5.41) is 3.08. The molecule has 0 saturated heterocycles. The lowest BCUT2D eigenvalue weighted by Gasteiger charge is -2.25. The summed E-state index contributed by atoms with van der Waals surface area (Å²) in [6.07, 6.45) is 2.06. The first-order valence-electron chi connectivity index (χ1n) is 12.7. The number of rotatable bonds is 10. The maximum Gasteiger partial charge on any atom is 0.258 e. The van der Waals surface area contributed by atoms with Crippen molar-refractivity contribution in [3.05, 3.63) is 101 Å². The van der Waals surface area contributed by atoms with Crippen LogP contribution in [0.2, 0.25) is 0 Å². The molecule has 2 aromatic heterocycles. The maximum atomic E-state index is 14.2. The Bertz CT molecular complexity index is 1620. The molecule has 5 aromatic rings. The summed E-state index contributed by atoms with van der Waals surface area (Å²) in [7, 11) is 4.76. The fourth-order valence-corrected chi connectivity index (χ4v) is 5.83. The van der Waals surface area contributed by atoms with Crippen LogP contribution in [0.1, 0.15) is 21.5 Å². The first kappa shape index (κ1) is 27.6. The van der Waals surface area contributed by atoms with E-state index in [0.29, 0.717) is 30.2 Å². The fraction of sp³-hybridized carbons (Fsp3) is 0.188. The summed E-state index contributed by atoms with van der Waals surface area (Å²) in [6.45, 7) is 0.738. The predicted molar refractivity (Wildman–Crippen MR) is 163 cm³/mol. The van der Waals surface area contributed by atoms with E-state index in [1.165, 1.54) is 0 Å². The molecule has 0 bridgehead atoms. The number of methoxy groups -OCH3 is 3. The van der Waals surface area contributed by atoms with Gasteiger partial charge in [0.05, 0.1) is 43.0 Å². The van der Waals surface area contributed by atoms with E-state index >= 15 is 0 Å². The van der Waals surface area contributed by atoms with Crippen molar-refractivity contribution in [3.63, 3.8) is 0 Å². The fourth-order valence-electron chi connectivity index (χ4n) is 4.65. The molecule has 0 radical (unpaired) electrons. The van der Waals surface area contributed by atoms with Crippen molar-refractivity contribution in [2.75, 3.05) is 27.6 Å². The number of carbonyl (C=O) groups excluding carboxylic acids is 1. The molecule has 204 valence electrons. The van der Waals surface area contributed by atoms with E-state index in [9.17, 15) is 4.79 Å². The SMILES string of the molecule is COc1ccc(CN(Cc2cc3ccc(SC)cc3nc2-c2cccs2)C(=O)c2cccc(OC)c2OC)cc1. The Morgan fingerprint density at radius 1 is 0.900 bits per heavy atom. The Hall–Kier alpha value is -4.01. The Labute approximate surface area is 242 Å². The lowest BCUT2D eigenvalue weighted by Crippen LogP contribution is -2.31. The minimum absolute atomic E-state index is 0.165. The summed E-state index contributed by atoms with van der Waals surface area (Å²) >= 11 is 3.33. The summed E-state index contributed by atoms with van der Waals surface area (Å²) in [6, 6.07) is 25.7. The number of hydrogen-bond acceptors (Lipinski definition) is 7. The van der Waals surface area contributed by atoms with Crippen LogP contribution in [0, 0.1) is 0 Å². The van der Waals surface area contributed by atoms with Crippen molar-refractivity contribution in [1.82, 2.24) is 9.88 Å². The molecule has 0 aliphatic carbocycles. The van der Waals surface area contributed by atoms with Crippen molar-refractivity contribution in [2.45, 2.75) is 18.0 Å². The molecular formula is C32H30N2O4S2. The Morgan fingerprint density at radius 2 is 1.73 bits per heavy atom. The predicted octanol–water partition coefficient (Wildman–Crippen LogP) is 7.55. The molecule has 0 aliphatic heterocycles. The zero-order chi connectivity index (χ0) is 28.1. The van der Waals surface area contributed by atoms with Gasteiger partial charge in [0.25, 0.3) is 5.91 Å². The van der Waals surface area contributed by atoms with Crippen LogP contribution in [0.5, 0.6) is 17.2 Å². The Morgan fingerprint density at radius 3 is 2.40 bits per heavy atom. The Kier molecular flexibility index (Phi) is 8.57. The van der Waals surface area contributed by atoms with Crippen molar-refractivity contribution in [3.8, 4) is 27.8 Å². The number of pyridine rings is 1. The number of aromatic nitrogens is 1. The van der Waals surface area contributed by atoms with Crippen LogP contribution >= 0.6 is 23.1 Å². The second kappa shape index (κ2) is 12.4. The number of thioether (sulfide) groups is 1. The van der Waals surface area contributed by atoms with Gasteiger partial charge >= 0.3 is 0 Å². The summed E-state index contributed by atoms with van der Waals surface area (Å²) in [5.74, 6) is 1.52. The van der Waals surface area contributed by atoms with E-state index in [0.717, 1.165) is 43.2 Å². The van der Waals surface area contributed by atoms with Gasteiger partial charge in [-0.25, -0.2) is 4.98 Å². The number of thiophene rings is 1. The van der Waals surface area contributed by atoms with E-state index in [4.69, 9.17) is 19.2 Å². The molecule has 0 saturated carbocycles. The number of fused-ring (bicyclic) bond motifs is 1. The molecule has 1 amide bonds. The first-order valence-corrected chi connectivity index (χ1v) is 14.8. The van der Waals surface area contributed by atoms with Gasteiger partial charge in [-0.05, 0) is 71.3 Å². The highest BCUT2D eigenvalue weighted by Gasteiger charge is 2.24. The van der Waals surface area contributed by atoms with Crippen LogP contribution in [0.25, 0.3) is 21.5 Å². The quantitative estimate of drug-likeness (QED) is 0.162. The number of amides is 1. The third-order valence-electron chi connectivity index (χ3n) is 6.67. The molecular weight excluding hydrogens is 540 g/mol. The molecule has 0 fully saturated rings. The topological polar surface area (TPSA) is 60.9 Å². The first-order chi connectivity index (χ1) is 19.5. The smallest absolute Gasteiger partial charge is 0.258 e. The molecule has 5 rings (SSSR count). The minimum atomic E-state index is -0.165. The van der Waals surface area contributed by atoms with Gasteiger partial charge in [-0.15, -0.1) is 23.1 Å². The van der Waals surface area contributed by atoms with Gasteiger partial charge < -0.3 is 19.1 Å². The average Bonchev–Trinajstić information content (AvgIpc) is 3.54. The van der Waals surface area contributed by atoms with Crippen LogP contribution in [0.4, 0.5) is 0 Å². The number of ether oxygens (including phenoxy) is 3. The number of benzene rings is 3. The molecule has 0 spiro atoms. The average molecular weight is 571 g/mol. The summed E-state index contributed by atoms with van der Waals surface area (Å²) in [5.41, 5.74) is 4.20. The van der Waals surface area contributed by atoms with Crippen LogP contribution in [0.15, 0.2) is 89.1 Å². The van der Waals surface area contributed by atoms with Gasteiger partial charge in [-0.3, -0.25) is 4.79 Å². The molecule has 0 aliphatic rings. The minimum Gasteiger partial charge on any atom is -0.497 e. The van der Waals surface area contributed by atoms with E-state index in [2.05, 4.69) is 36.6 Å². The molecule has 2 heterocycles. The van der Waals surface area contributed by atoms with Crippen molar-refractivity contribution in [2.24, 2.45) is 0 Å². The van der Waals surface area contributed by atoms with Crippen molar-refractivity contribution >= 4 is 39.9 Å². The van der Waals surface area contributed by atoms with Gasteiger partial charge in [0, 0.05) is 23.4 Å². The third-order valence-corrected chi connectivity index (χ3v) is 8.27. The molecule has 8 heteroatoms. The summed E-state index contributed by atoms with van der Waals surface area (Å²) in [4.78, 5) is 23.4. The van der Waals surface area contributed by atoms with Crippen LogP contribution in [-0.2, 0) is 13.1 Å². The van der Waals surface area contributed by atoms with E-state index in [1.54, 1.807) is 62.6 Å². The van der Waals surface area contributed by atoms with Crippen LogP contribution in [0.3, 0.4) is 0 Å². The molecule has 0 unspecified atom stereocenters. The molecule has 0 N–H and O–H groups in total. The van der Waals surface area contributed by atoms with Crippen molar-refractivity contribution < 1.29 is 19.0 Å². The number of hydrogen-bond donors (Lipinski definition) is 0. The monoisotopic (exact) mass is 570 g/mol. The molecule has 3 aromatic carbocycles. The second-order valence-corrected chi connectivity index (χ2v) is 10.9. The standard InChI is InChI=1S/C32H30N2O4S2/c1-36-24-13-10-21(11-14-24)19-34(32(35)26-7-5-8-28(37-2)31(26)38-3)20-23-17-22-12-15-25(39-4)18-27(22)33-30(23)29-9-6-16-40-29/h5-18H,19-20H2,1-4H3.